The van der Waals surface area contributed by atoms with Gasteiger partial charge < -0.3 is 10.6 Å². The number of halogens is 1. The summed E-state index contributed by atoms with van der Waals surface area (Å²) in [5, 5.41) is 8.21. The van der Waals surface area contributed by atoms with Gasteiger partial charge in [0.1, 0.15) is 5.52 Å². The molecule has 6 heteroatoms. The fraction of sp³-hybridized carbons (Fsp3) is 0.125. The van der Waals surface area contributed by atoms with Crippen molar-refractivity contribution < 1.29 is 0 Å². The molecule has 0 atom stereocenters. The molecule has 0 aliphatic heterocycles. The second-order valence-corrected chi connectivity index (χ2v) is 6.85. The van der Waals surface area contributed by atoms with Gasteiger partial charge in [-0.25, -0.2) is 4.98 Å². The number of hydrogen-bond acceptors (Lipinski definition) is 3. The van der Waals surface area contributed by atoms with Gasteiger partial charge in [-0.3, -0.25) is 0 Å². The van der Waals surface area contributed by atoms with Crippen LogP contribution in [0.5, 0.6) is 0 Å². The molecule has 0 saturated heterocycles. The normalized spacial score (nSPS) is 10.7. The van der Waals surface area contributed by atoms with Crippen LogP contribution in [0.25, 0.3) is 10.2 Å². The number of nitrogens with one attached hydrogen (secondary N) is 2. The number of anilines is 2. The molecule has 0 amide bonds. The molecule has 0 saturated carbocycles. The largest absolute Gasteiger partial charge is 0.332 e. The molecule has 0 aliphatic rings. The number of para-hydroxylation sites is 1. The van der Waals surface area contributed by atoms with E-state index in [2.05, 4.69) is 41.6 Å². The van der Waals surface area contributed by atoms with Crippen LogP contribution in [0, 0.1) is 13.8 Å². The predicted octanol–water partition coefficient (Wildman–Crippen LogP) is 5.38. The minimum absolute atomic E-state index is 0.516. The average molecular weight is 348 g/mol. The minimum Gasteiger partial charge on any atom is -0.332 e. The molecular formula is C16H14ClN3S2. The molecule has 3 rings (SSSR count). The second kappa shape index (κ2) is 6.20. The van der Waals surface area contributed by atoms with Crippen LogP contribution in [-0.2, 0) is 0 Å². The van der Waals surface area contributed by atoms with E-state index in [1.165, 1.54) is 16.9 Å². The second-order valence-electron chi connectivity index (χ2n) is 5.00. The van der Waals surface area contributed by atoms with Crippen molar-refractivity contribution in [2.24, 2.45) is 0 Å². The summed E-state index contributed by atoms with van der Waals surface area (Å²) in [6, 6.07) is 11.9. The zero-order valence-corrected chi connectivity index (χ0v) is 14.5. The van der Waals surface area contributed by atoms with Crippen LogP contribution < -0.4 is 10.6 Å². The summed E-state index contributed by atoms with van der Waals surface area (Å²) in [5.74, 6) is 0. The third-order valence-corrected chi connectivity index (χ3v) is 4.67. The van der Waals surface area contributed by atoms with E-state index in [1.807, 2.05) is 24.3 Å². The number of thiocarbonyl (C=S) groups is 1. The topological polar surface area (TPSA) is 37.0 Å². The highest BCUT2D eigenvalue weighted by Crippen LogP contribution is 2.30. The molecule has 0 fully saturated rings. The highest BCUT2D eigenvalue weighted by atomic mass is 35.5. The first-order valence-electron chi connectivity index (χ1n) is 6.73. The predicted molar refractivity (Wildman–Crippen MR) is 100 cm³/mol. The lowest BCUT2D eigenvalue weighted by molar-refractivity contribution is 1.38. The number of rotatable bonds is 2. The first kappa shape index (κ1) is 15.2. The van der Waals surface area contributed by atoms with Crippen LogP contribution >= 0.6 is 35.2 Å². The van der Waals surface area contributed by atoms with E-state index in [0.29, 0.717) is 10.1 Å². The fourth-order valence-corrected chi connectivity index (χ4v) is 3.61. The average Bonchev–Trinajstić information content (AvgIpc) is 2.86. The quantitative estimate of drug-likeness (QED) is 0.610. The first-order chi connectivity index (χ1) is 10.5. The lowest BCUT2D eigenvalue weighted by Gasteiger charge is -2.11. The number of hydrogen-bond donors (Lipinski definition) is 2. The molecule has 1 heterocycles. The van der Waals surface area contributed by atoms with E-state index in [-0.39, 0.29) is 0 Å². The maximum Gasteiger partial charge on any atom is 0.190 e. The third kappa shape index (κ3) is 3.21. The zero-order valence-electron chi connectivity index (χ0n) is 12.1. The Morgan fingerprint density at radius 3 is 2.73 bits per heavy atom. The Morgan fingerprint density at radius 2 is 2.00 bits per heavy atom. The van der Waals surface area contributed by atoms with Gasteiger partial charge in [0.25, 0.3) is 0 Å². The summed E-state index contributed by atoms with van der Waals surface area (Å²) < 4.78 is 1.03. The fourth-order valence-electron chi connectivity index (χ4n) is 2.17. The van der Waals surface area contributed by atoms with Crippen molar-refractivity contribution in [3.63, 3.8) is 0 Å². The van der Waals surface area contributed by atoms with E-state index in [0.717, 1.165) is 26.6 Å². The van der Waals surface area contributed by atoms with Gasteiger partial charge >= 0.3 is 0 Å². The van der Waals surface area contributed by atoms with E-state index in [1.54, 1.807) is 0 Å². The summed E-state index contributed by atoms with van der Waals surface area (Å²) in [6.45, 7) is 4.12. The van der Waals surface area contributed by atoms with Crippen LogP contribution in [0.15, 0.2) is 36.4 Å². The van der Waals surface area contributed by atoms with E-state index >= 15 is 0 Å². The minimum atomic E-state index is 0.516. The summed E-state index contributed by atoms with van der Waals surface area (Å²) in [6.07, 6.45) is 0. The van der Waals surface area contributed by atoms with Crippen LogP contribution in [-0.4, -0.2) is 10.1 Å². The Kier molecular flexibility index (Phi) is 4.29. The molecule has 3 nitrogen and oxygen atoms in total. The van der Waals surface area contributed by atoms with E-state index in [4.69, 9.17) is 23.8 Å². The van der Waals surface area contributed by atoms with E-state index < -0.39 is 0 Å². The molecule has 2 aromatic carbocycles. The van der Waals surface area contributed by atoms with Crippen molar-refractivity contribution in [3.05, 3.63) is 52.5 Å². The molecule has 2 N–H and O–H groups in total. The van der Waals surface area contributed by atoms with Gasteiger partial charge in [-0.15, -0.1) is 0 Å². The molecule has 0 aliphatic carbocycles. The summed E-state index contributed by atoms with van der Waals surface area (Å²) in [7, 11) is 0. The molecule has 1 aromatic heterocycles. The molecule has 0 radical (unpaired) electrons. The third-order valence-electron chi connectivity index (χ3n) is 3.22. The van der Waals surface area contributed by atoms with Crippen molar-refractivity contribution in [2.75, 3.05) is 10.6 Å². The van der Waals surface area contributed by atoms with Crippen molar-refractivity contribution in [3.8, 4) is 0 Å². The molecule has 22 heavy (non-hydrogen) atoms. The molecule has 0 bridgehead atoms. The van der Waals surface area contributed by atoms with E-state index in [9.17, 15) is 0 Å². The van der Waals surface area contributed by atoms with Gasteiger partial charge in [0.2, 0.25) is 0 Å². The van der Waals surface area contributed by atoms with Crippen LogP contribution in [0.3, 0.4) is 0 Å². The summed E-state index contributed by atoms with van der Waals surface area (Å²) in [4.78, 5) is 4.48. The SMILES string of the molecule is Cc1ccc(NC(=S)Nc2nc3c(Cl)cccc3s2)c(C)c1. The molecule has 3 aromatic rings. The highest BCUT2D eigenvalue weighted by molar-refractivity contribution is 7.80. The van der Waals surface area contributed by atoms with Crippen LogP contribution in [0.1, 0.15) is 11.1 Å². The first-order valence-corrected chi connectivity index (χ1v) is 8.33. The Labute approximate surface area is 143 Å². The maximum absolute atomic E-state index is 6.14. The van der Waals surface area contributed by atoms with Crippen molar-refractivity contribution in [2.45, 2.75) is 13.8 Å². The number of thiazole rings is 1. The van der Waals surface area contributed by atoms with Crippen LogP contribution in [0.2, 0.25) is 5.02 Å². The Morgan fingerprint density at radius 1 is 1.18 bits per heavy atom. The zero-order chi connectivity index (χ0) is 15.7. The Balaban J connectivity index is 1.77. The number of benzene rings is 2. The highest BCUT2D eigenvalue weighted by Gasteiger charge is 2.08. The number of nitrogens with zero attached hydrogens (tertiary/aromatic N) is 1. The van der Waals surface area contributed by atoms with Crippen molar-refractivity contribution in [1.82, 2.24) is 4.98 Å². The lowest BCUT2D eigenvalue weighted by atomic mass is 10.1. The number of aromatic nitrogens is 1. The monoisotopic (exact) mass is 347 g/mol. The maximum atomic E-state index is 6.14. The Hall–Kier alpha value is -1.69. The lowest BCUT2D eigenvalue weighted by Crippen LogP contribution is -2.19. The van der Waals surface area contributed by atoms with Gasteiger partial charge in [-0.1, -0.05) is 46.7 Å². The Bertz CT molecular complexity index is 858. The smallest absolute Gasteiger partial charge is 0.190 e. The summed E-state index contributed by atoms with van der Waals surface area (Å²) in [5.41, 5.74) is 4.16. The number of aryl methyl sites for hydroxylation is 2. The number of fused-ring (bicyclic) bond motifs is 1. The molecule has 112 valence electrons. The van der Waals surface area contributed by atoms with Crippen molar-refractivity contribution >= 4 is 61.3 Å². The van der Waals surface area contributed by atoms with Crippen LogP contribution in [0.4, 0.5) is 10.8 Å². The van der Waals surface area contributed by atoms with Gasteiger partial charge in [0.05, 0.1) is 9.72 Å². The molecular weight excluding hydrogens is 334 g/mol. The van der Waals surface area contributed by atoms with Gasteiger partial charge in [0.15, 0.2) is 10.2 Å². The van der Waals surface area contributed by atoms with Crippen molar-refractivity contribution in [1.29, 1.82) is 0 Å². The standard InChI is InChI=1S/C16H14ClN3S2/c1-9-6-7-12(10(2)8-9)18-15(21)20-16-19-14-11(17)4-3-5-13(14)22-16/h3-8H,1-2H3,(H2,18,19,20,21). The summed E-state index contributed by atoms with van der Waals surface area (Å²) >= 11 is 13.0. The van der Waals surface area contributed by atoms with Gasteiger partial charge in [0, 0.05) is 5.69 Å². The van der Waals surface area contributed by atoms with Gasteiger partial charge in [-0.2, -0.15) is 0 Å². The van der Waals surface area contributed by atoms with Gasteiger partial charge in [-0.05, 0) is 49.8 Å². The molecule has 0 unspecified atom stereocenters. The molecule has 0 spiro atoms.